The van der Waals surface area contributed by atoms with E-state index in [0.717, 1.165) is 24.5 Å². The lowest BCUT2D eigenvalue weighted by atomic mass is 10.3. The van der Waals surface area contributed by atoms with E-state index in [1.54, 1.807) is 16.9 Å². The molecule has 110 valence electrons. The van der Waals surface area contributed by atoms with Crippen LogP contribution in [0.1, 0.15) is 17.4 Å². The Labute approximate surface area is 128 Å². The lowest BCUT2D eigenvalue weighted by molar-refractivity contribution is 0.0757. The molecule has 0 saturated carbocycles. The number of hydrogen-bond donors (Lipinski definition) is 1. The summed E-state index contributed by atoms with van der Waals surface area (Å²) in [4.78, 5) is 14.4. The summed E-state index contributed by atoms with van der Waals surface area (Å²) in [7, 11) is 0. The highest BCUT2D eigenvalue weighted by Crippen LogP contribution is 2.19. The van der Waals surface area contributed by atoms with Gasteiger partial charge >= 0.3 is 0 Å². The second-order valence-electron chi connectivity index (χ2n) is 5.17. The van der Waals surface area contributed by atoms with Crippen molar-refractivity contribution in [2.45, 2.75) is 12.2 Å². The summed E-state index contributed by atoms with van der Waals surface area (Å²) in [6.07, 6.45) is 1.81. The maximum Gasteiger partial charge on any atom is 0.274 e. The van der Waals surface area contributed by atoms with E-state index in [-0.39, 0.29) is 5.91 Å². The molecule has 3 rings (SSSR count). The molecule has 1 aromatic carbocycles. The number of thioether (sulfide) groups is 1. The SMILES string of the molecule is CC1CN(C(=O)c2ccn(-c3ccc(N)cc3)n2)CCS1. The van der Waals surface area contributed by atoms with Crippen LogP contribution in [0.3, 0.4) is 0 Å². The zero-order chi connectivity index (χ0) is 14.8. The van der Waals surface area contributed by atoms with Crippen LogP contribution < -0.4 is 5.73 Å². The number of nitrogens with zero attached hydrogens (tertiary/aromatic N) is 3. The molecule has 2 aromatic rings. The standard InChI is InChI=1S/C15H18N4OS/c1-11-10-18(8-9-21-11)15(20)14-6-7-19(17-14)13-4-2-12(16)3-5-13/h2-7,11H,8-10,16H2,1H3. The van der Waals surface area contributed by atoms with Gasteiger partial charge in [0.25, 0.3) is 5.91 Å². The summed E-state index contributed by atoms with van der Waals surface area (Å²) in [5.74, 6) is 1.00. The van der Waals surface area contributed by atoms with Crippen molar-refractivity contribution in [3.05, 3.63) is 42.2 Å². The highest BCUT2D eigenvalue weighted by molar-refractivity contribution is 7.99. The molecule has 1 amide bonds. The second-order valence-corrected chi connectivity index (χ2v) is 6.72. The molecule has 1 aliphatic heterocycles. The molecule has 1 saturated heterocycles. The molecule has 5 nitrogen and oxygen atoms in total. The van der Waals surface area contributed by atoms with Gasteiger partial charge in [0.05, 0.1) is 5.69 Å². The third kappa shape index (κ3) is 3.05. The van der Waals surface area contributed by atoms with E-state index in [9.17, 15) is 4.79 Å². The van der Waals surface area contributed by atoms with Crippen molar-refractivity contribution in [3.63, 3.8) is 0 Å². The number of nitrogens with two attached hydrogens (primary N) is 1. The minimum atomic E-state index is 0.0105. The summed E-state index contributed by atoms with van der Waals surface area (Å²) in [6, 6.07) is 9.18. The molecule has 2 heterocycles. The minimum absolute atomic E-state index is 0.0105. The quantitative estimate of drug-likeness (QED) is 0.862. The molecule has 0 spiro atoms. The zero-order valence-corrected chi connectivity index (χ0v) is 12.7. The molecular weight excluding hydrogens is 284 g/mol. The first-order chi connectivity index (χ1) is 10.1. The van der Waals surface area contributed by atoms with Gasteiger partial charge in [0.2, 0.25) is 0 Å². The number of aromatic nitrogens is 2. The first kappa shape index (κ1) is 14.0. The van der Waals surface area contributed by atoms with Crippen LogP contribution in [-0.4, -0.2) is 44.7 Å². The van der Waals surface area contributed by atoms with Crippen LogP contribution in [0, 0.1) is 0 Å². The van der Waals surface area contributed by atoms with Crippen molar-refractivity contribution in [3.8, 4) is 5.69 Å². The van der Waals surface area contributed by atoms with Gasteiger partial charge in [-0.1, -0.05) is 6.92 Å². The Morgan fingerprint density at radius 2 is 2.10 bits per heavy atom. The average molecular weight is 302 g/mol. The van der Waals surface area contributed by atoms with E-state index in [1.165, 1.54) is 0 Å². The first-order valence-corrected chi connectivity index (χ1v) is 8.01. The summed E-state index contributed by atoms with van der Waals surface area (Å²) in [6.45, 7) is 3.73. The molecule has 1 unspecified atom stereocenters. The number of hydrogen-bond acceptors (Lipinski definition) is 4. The molecule has 1 fully saturated rings. The van der Waals surface area contributed by atoms with E-state index < -0.39 is 0 Å². The third-order valence-corrected chi connectivity index (χ3v) is 4.63. The summed E-state index contributed by atoms with van der Waals surface area (Å²) >= 11 is 1.91. The normalized spacial score (nSPS) is 18.7. The maximum atomic E-state index is 12.5. The average Bonchev–Trinajstić information content (AvgIpc) is 2.97. The lowest BCUT2D eigenvalue weighted by Gasteiger charge is -2.29. The molecule has 0 radical (unpaired) electrons. The molecule has 0 aliphatic carbocycles. The van der Waals surface area contributed by atoms with Crippen LogP contribution >= 0.6 is 11.8 Å². The molecular formula is C15H18N4OS. The number of benzene rings is 1. The van der Waals surface area contributed by atoms with Gasteiger partial charge in [0.1, 0.15) is 0 Å². The van der Waals surface area contributed by atoms with Gasteiger partial charge in [-0.15, -0.1) is 0 Å². The van der Waals surface area contributed by atoms with Gasteiger partial charge in [-0.2, -0.15) is 16.9 Å². The number of rotatable bonds is 2. The maximum absolute atomic E-state index is 12.5. The van der Waals surface area contributed by atoms with Crippen LogP contribution in [0.2, 0.25) is 0 Å². The van der Waals surface area contributed by atoms with Crippen molar-refractivity contribution in [1.29, 1.82) is 0 Å². The molecule has 0 bridgehead atoms. The Bertz CT molecular complexity index is 637. The Morgan fingerprint density at radius 1 is 1.33 bits per heavy atom. The van der Waals surface area contributed by atoms with Crippen molar-refractivity contribution < 1.29 is 4.79 Å². The number of carbonyl (C=O) groups excluding carboxylic acids is 1. The second kappa shape index (κ2) is 5.81. The van der Waals surface area contributed by atoms with Crippen LogP contribution in [0.25, 0.3) is 5.69 Å². The van der Waals surface area contributed by atoms with Crippen molar-refractivity contribution in [2.24, 2.45) is 0 Å². The zero-order valence-electron chi connectivity index (χ0n) is 11.9. The number of carbonyl (C=O) groups is 1. The fraction of sp³-hybridized carbons (Fsp3) is 0.333. The van der Waals surface area contributed by atoms with Gasteiger partial charge in [-0.25, -0.2) is 4.68 Å². The number of nitrogen functional groups attached to an aromatic ring is 1. The fourth-order valence-corrected chi connectivity index (χ4v) is 3.39. The predicted molar refractivity (Wildman–Crippen MR) is 85.8 cm³/mol. The Hall–Kier alpha value is -1.95. The van der Waals surface area contributed by atoms with Gasteiger partial charge in [-0.05, 0) is 30.3 Å². The van der Waals surface area contributed by atoms with Crippen LogP contribution in [0.15, 0.2) is 36.5 Å². The van der Waals surface area contributed by atoms with Crippen LogP contribution in [0.4, 0.5) is 5.69 Å². The molecule has 21 heavy (non-hydrogen) atoms. The molecule has 2 N–H and O–H groups in total. The minimum Gasteiger partial charge on any atom is -0.399 e. The van der Waals surface area contributed by atoms with E-state index >= 15 is 0 Å². The third-order valence-electron chi connectivity index (χ3n) is 3.49. The van der Waals surface area contributed by atoms with Gasteiger partial charge in [0.15, 0.2) is 5.69 Å². The van der Waals surface area contributed by atoms with E-state index in [4.69, 9.17) is 5.73 Å². The monoisotopic (exact) mass is 302 g/mol. The topological polar surface area (TPSA) is 64.2 Å². The largest absolute Gasteiger partial charge is 0.399 e. The first-order valence-electron chi connectivity index (χ1n) is 6.96. The van der Waals surface area contributed by atoms with Crippen LogP contribution in [0.5, 0.6) is 0 Å². The molecule has 6 heteroatoms. The van der Waals surface area contributed by atoms with Gasteiger partial charge < -0.3 is 10.6 Å². The predicted octanol–water partition coefficient (Wildman–Crippen LogP) is 2.03. The lowest BCUT2D eigenvalue weighted by Crippen LogP contribution is -2.41. The van der Waals surface area contributed by atoms with E-state index in [2.05, 4.69) is 12.0 Å². The highest BCUT2D eigenvalue weighted by atomic mass is 32.2. The number of anilines is 1. The van der Waals surface area contributed by atoms with E-state index in [1.807, 2.05) is 40.9 Å². The Morgan fingerprint density at radius 3 is 2.81 bits per heavy atom. The smallest absolute Gasteiger partial charge is 0.274 e. The van der Waals surface area contributed by atoms with Crippen molar-refractivity contribution in [1.82, 2.24) is 14.7 Å². The van der Waals surface area contributed by atoms with Crippen LogP contribution in [-0.2, 0) is 0 Å². The fourth-order valence-electron chi connectivity index (χ4n) is 2.37. The van der Waals surface area contributed by atoms with E-state index in [0.29, 0.717) is 16.6 Å². The number of amides is 1. The highest BCUT2D eigenvalue weighted by Gasteiger charge is 2.23. The summed E-state index contributed by atoms with van der Waals surface area (Å²) in [5, 5.41) is 4.88. The Kier molecular flexibility index (Phi) is 3.88. The van der Waals surface area contributed by atoms with Crippen molar-refractivity contribution >= 4 is 23.4 Å². The Balaban J connectivity index is 1.78. The summed E-state index contributed by atoms with van der Waals surface area (Å²) < 4.78 is 1.70. The van der Waals surface area contributed by atoms with Crippen molar-refractivity contribution in [2.75, 3.05) is 24.6 Å². The molecule has 1 aliphatic rings. The van der Waals surface area contributed by atoms with Gasteiger partial charge in [-0.3, -0.25) is 4.79 Å². The summed E-state index contributed by atoms with van der Waals surface area (Å²) in [5.41, 5.74) is 7.77. The molecule has 1 atom stereocenters. The molecule has 1 aromatic heterocycles. The van der Waals surface area contributed by atoms with Gasteiger partial charge in [0, 0.05) is 36.0 Å².